The number of nitrogens with zero attached hydrogens (tertiary/aromatic N) is 1. The minimum atomic E-state index is -1.24. The van der Waals surface area contributed by atoms with Crippen molar-refractivity contribution in [2.75, 3.05) is 6.54 Å². The van der Waals surface area contributed by atoms with E-state index in [1.807, 2.05) is 44.2 Å². The molecule has 10 heteroatoms. The minimum Gasteiger partial charge on any atom is -0.508 e. The molecule has 3 amide bonds. The van der Waals surface area contributed by atoms with Crippen LogP contribution >= 0.6 is 0 Å². The summed E-state index contributed by atoms with van der Waals surface area (Å²) in [7, 11) is 0. The quantitative estimate of drug-likeness (QED) is 0.132. The Labute approximate surface area is 287 Å². The Balaban J connectivity index is 2.65. The molecule has 0 fully saturated rings. The second-order valence-electron chi connectivity index (χ2n) is 14.4. The Morgan fingerprint density at radius 3 is 2.04 bits per heavy atom. The van der Waals surface area contributed by atoms with Crippen LogP contribution in [-0.2, 0) is 30.3 Å². The van der Waals surface area contributed by atoms with E-state index in [4.69, 9.17) is 9.47 Å². The lowest BCUT2D eigenvalue weighted by Gasteiger charge is -2.36. The highest BCUT2D eigenvalue weighted by Gasteiger charge is 2.39. The second-order valence-corrected chi connectivity index (χ2v) is 14.4. The number of alkyl carbamates (subject to hydrolysis) is 1. The summed E-state index contributed by atoms with van der Waals surface area (Å²) in [5.74, 6) is -2.08. The second kappa shape index (κ2) is 18.5. The molecule has 2 aromatic carbocycles. The smallest absolute Gasteiger partial charge is 0.408 e. The number of amides is 3. The molecule has 2 aromatic rings. The summed E-state index contributed by atoms with van der Waals surface area (Å²) < 4.78 is 11.2. The molecule has 2 rings (SSSR count). The van der Waals surface area contributed by atoms with E-state index in [0.29, 0.717) is 18.4 Å². The van der Waals surface area contributed by atoms with E-state index in [9.17, 15) is 24.3 Å². The van der Waals surface area contributed by atoms with Gasteiger partial charge in [0, 0.05) is 13.0 Å². The summed E-state index contributed by atoms with van der Waals surface area (Å²) in [4.78, 5) is 57.1. The summed E-state index contributed by atoms with van der Waals surface area (Å²) in [5, 5.41) is 16.2. The van der Waals surface area contributed by atoms with Crippen molar-refractivity contribution in [2.24, 2.45) is 5.92 Å². The van der Waals surface area contributed by atoms with Gasteiger partial charge >= 0.3 is 12.1 Å². The number of aromatic hydroxyl groups is 1. The van der Waals surface area contributed by atoms with Crippen LogP contribution in [0.4, 0.5) is 4.79 Å². The Hall–Kier alpha value is -4.08. The SMILES string of the molecule is CCCCCCN(C(=O)C(NC(=O)OC(C)(C)C)C(C)CC)C(C(=O)NC(Cc1ccccc1)C(=O)OC(C)(C)C)c1cccc(O)c1. The molecule has 266 valence electrons. The standard InChI is InChI=1S/C38H57N3O7/c1-10-12-13-17-23-41(34(44)31(26(3)11-2)40-36(46)48-38(7,8)9)32(28-21-18-22-29(42)25-28)33(43)39-30(35(45)47-37(4,5)6)24-27-19-15-14-16-20-27/h14-16,18-22,25-26,30-32,42H,10-13,17,23-24H2,1-9H3,(H,39,43)(H,40,46). The van der Waals surface area contributed by atoms with Crippen LogP contribution < -0.4 is 10.6 Å². The fourth-order valence-corrected chi connectivity index (χ4v) is 5.21. The van der Waals surface area contributed by atoms with Gasteiger partial charge in [0.1, 0.15) is 35.1 Å². The van der Waals surface area contributed by atoms with Crippen LogP contribution in [0.1, 0.15) is 112 Å². The highest BCUT2D eigenvalue weighted by molar-refractivity contribution is 5.94. The highest BCUT2D eigenvalue weighted by Crippen LogP contribution is 2.28. The van der Waals surface area contributed by atoms with Crippen molar-refractivity contribution in [3.05, 3.63) is 65.7 Å². The lowest BCUT2D eigenvalue weighted by atomic mass is 9.95. The molecule has 48 heavy (non-hydrogen) atoms. The Kier molecular flexibility index (Phi) is 15.4. The summed E-state index contributed by atoms with van der Waals surface area (Å²) in [6.45, 7) is 16.5. The van der Waals surface area contributed by atoms with Crippen LogP contribution in [0.2, 0.25) is 0 Å². The first kappa shape index (κ1) is 40.1. The maximum Gasteiger partial charge on any atom is 0.408 e. The molecule has 0 bridgehead atoms. The van der Waals surface area contributed by atoms with Gasteiger partial charge in [0.2, 0.25) is 11.8 Å². The first-order chi connectivity index (χ1) is 22.5. The van der Waals surface area contributed by atoms with Crippen LogP contribution in [0.5, 0.6) is 5.75 Å². The van der Waals surface area contributed by atoms with Crippen molar-refractivity contribution in [1.82, 2.24) is 15.5 Å². The molecule has 0 heterocycles. The van der Waals surface area contributed by atoms with Crippen LogP contribution in [0.25, 0.3) is 0 Å². The van der Waals surface area contributed by atoms with Gasteiger partial charge in [-0.2, -0.15) is 0 Å². The first-order valence-electron chi connectivity index (χ1n) is 17.1. The highest BCUT2D eigenvalue weighted by atomic mass is 16.6. The van der Waals surface area contributed by atoms with Gasteiger partial charge < -0.3 is 30.1 Å². The first-order valence-corrected chi connectivity index (χ1v) is 17.1. The number of hydrogen-bond acceptors (Lipinski definition) is 7. The Bertz CT molecular complexity index is 1330. The van der Waals surface area contributed by atoms with E-state index in [2.05, 4.69) is 17.6 Å². The van der Waals surface area contributed by atoms with Gasteiger partial charge in [-0.05, 0) is 77.1 Å². The summed E-state index contributed by atoms with van der Waals surface area (Å²) in [5.41, 5.74) is -0.418. The number of esters is 1. The molecule has 0 saturated carbocycles. The lowest BCUT2D eigenvalue weighted by molar-refractivity contribution is -0.159. The summed E-state index contributed by atoms with van der Waals surface area (Å²) in [6.07, 6.45) is 3.31. The summed E-state index contributed by atoms with van der Waals surface area (Å²) in [6, 6.07) is 12.2. The number of nitrogens with one attached hydrogen (secondary N) is 2. The molecule has 0 saturated heterocycles. The van der Waals surface area contributed by atoms with Crippen molar-refractivity contribution in [2.45, 2.75) is 130 Å². The summed E-state index contributed by atoms with van der Waals surface area (Å²) >= 11 is 0. The molecule has 0 radical (unpaired) electrons. The molecule has 0 aliphatic carbocycles. The maximum atomic E-state index is 14.6. The van der Waals surface area contributed by atoms with Gasteiger partial charge in [0.25, 0.3) is 0 Å². The van der Waals surface area contributed by atoms with E-state index in [0.717, 1.165) is 24.8 Å². The molecule has 10 nitrogen and oxygen atoms in total. The normalized spacial score (nSPS) is 14.2. The maximum absolute atomic E-state index is 14.6. The molecule has 0 aromatic heterocycles. The zero-order chi connectivity index (χ0) is 36.1. The number of ether oxygens (including phenoxy) is 2. The average Bonchev–Trinajstić information content (AvgIpc) is 2.99. The van der Waals surface area contributed by atoms with Crippen molar-refractivity contribution in [1.29, 1.82) is 0 Å². The van der Waals surface area contributed by atoms with Crippen molar-refractivity contribution < 1.29 is 33.8 Å². The predicted molar refractivity (Wildman–Crippen MR) is 187 cm³/mol. The van der Waals surface area contributed by atoms with Crippen molar-refractivity contribution in [3.63, 3.8) is 0 Å². The molecule has 3 N–H and O–H groups in total. The Morgan fingerprint density at radius 2 is 1.48 bits per heavy atom. The largest absolute Gasteiger partial charge is 0.508 e. The Morgan fingerprint density at radius 1 is 0.833 bits per heavy atom. The number of rotatable bonds is 16. The molecule has 4 atom stereocenters. The lowest BCUT2D eigenvalue weighted by Crippen LogP contribution is -2.56. The van der Waals surface area contributed by atoms with Gasteiger partial charge in [-0.15, -0.1) is 0 Å². The molecular weight excluding hydrogens is 610 g/mol. The number of carbonyl (C=O) groups is 4. The number of hydrogen-bond donors (Lipinski definition) is 3. The number of phenols is 1. The molecule has 0 aliphatic heterocycles. The van der Waals surface area contributed by atoms with Crippen molar-refractivity contribution >= 4 is 23.9 Å². The van der Waals surface area contributed by atoms with Crippen LogP contribution in [-0.4, -0.2) is 63.7 Å². The van der Waals surface area contributed by atoms with E-state index >= 15 is 0 Å². The molecular formula is C38H57N3O7. The van der Waals surface area contributed by atoms with Gasteiger partial charge in [-0.1, -0.05) is 88.9 Å². The monoisotopic (exact) mass is 667 g/mol. The fourth-order valence-electron chi connectivity index (χ4n) is 5.21. The van der Waals surface area contributed by atoms with Crippen LogP contribution in [0, 0.1) is 5.92 Å². The van der Waals surface area contributed by atoms with E-state index < -0.39 is 53.2 Å². The van der Waals surface area contributed by atoms with E-state index in [1.165, 1.54) is 17.0 Å². The predicted octanol–water partition coefficient (Wildman–Crippen LogP) is 6.85. The van der Waals surface area contributed by atoms with E-state index in [-0.39, 0.29) is 24.6 Å². The molecule has 0 spiro atoms. The zero-order valence-electron chi connectivity index (χ0n) is 30.3. The average molecular weight is 668 g/mol. The third-order valence-electron chi connectivity index (χ3n) is 7.72. The molecule has 4 unspecified atom stereocenters. The number of unbranched alkanes of at least 4 members (excludes halogenated alkanes) is 3. The van der Waals surface area contributed by atoms with Gasteiger partial charge in [-0.25, -0.2) is 9.59 Å². The van der Waals surface area contributed by atoms with Gasteiger partial charge in [0.15, 0.2) is 0 Å². The van der Waals surface area contributed by atoms with Gasteiger partial charge in [0.05, 0.1) is 0 Å². The molecule has 0 aliphatic rings. The fraction of sp³-hybridized carbons (Fsp3) is 0.579. The third kappa shape index (κ3) is 13.6. The number of benzene rings is 2. The minimum absolute atomic E-state index is 0.0815. The number of carbonyl (C=O) groups excluding carboxylic acids is 4. The van der Waals surface area contributed by atoms with Gasteiger partial charge in [-0.3, -0.25) is 9.59 Å². The zero-order valence-corrected chi connectivity index (χ0v) is 30.3. The topological polar surface area (TPSA) is 134 Å². The van der Waals surface area contributed by atoms with Crippen LogP contribution in [0.15, 0.2) is 54.6 Å². The van der Waals surface area contributed by atoms with Crippen LogP contribution in [0.3, 0.4) is 0 Å². The number of phenolic OH excluding ortho intramolecular Hbond substituents is 1. The van der Waals surface area contributed by atoms with E-state index in [1.54, 1.807) is 53.7 Å². The van der Waals surface area contributed by atoms with Crippen molar-refractivity contribution in [3.8, 4) is 5.75 Å². The third-order valence-corrected chi connectivity index (χ3v) is 7.72.